The first-order valence-electron chi connectivity index (χ1n) is 11.1. The summed E-state index contributed by atoms with van der Waals surface area (Å²) in [4.78, 5) is 37.4. The van der Waals surface area contributed by atoms with Gasteiger partial charge in [-0.05, 0) is 20.8 Å². The molecule has 13 nitrogen and oxygen atoms in total. The summed E-state index contributed by atoms with van der Waals surface area (Å²) in [5.74, 6) is -1.17. The number of thioether (sulfide) groups is 1. The summed E-state index contributed by atoms with van der Waals surface area (Å²) in [6.45, 7) is 5.66. The molecule has 2 fully saturated rings. The van der Waals surface area contributed by atoms with Crippen molar-refractivity contribution < 1.29 is 33.6 Å². The lowest BCUT2D eigenvalue weighted by Crippen LogP contribution is -2.38. The number of nitrogens with zero attached hydrogens (tertiary/aromatic N) is 5. The van der Waals surface area contributed by atoms with E-state index in [0.29, 0.717) is 10.6 Å². The van der Waals surface area contributed by atoms with Crippen molar-refractivity contribution in [3.05, 3.63) is 18.0 Å². The largest absolute Gasteiger partial charge is 0.459 e. The summed E-state index contributed by atoms with van der Waals surface area (Å²) in [5, 5.41) is 15.7. The van der Waals surface area contributed by atoms with E-state index in [9.17, 15) is 14.7 Å². The smallest absolute Gasteiger partial charge is 0.327 e. The summed E-state index contributed by atoms with van der Waals surface area (Å²) in [7, 11) is 0. The molecule has 2 saturated heterocycles. The van der Waals surface area contributed by atoms with Crippen molar-refractivity contribution in [1.82, 2.24) is 15.0 Å². The highest BCUT2D eigenvalue weighted by Crippen LogP contribution is 2.37. The molecular formula is C21H26N6O7S. The van der Waals surface area contributed by atoms with Crippen LogP contribution >= 0.6 is 11.8 Å². The Morgan fingerprint density at radius 1 is 1.23 bits per heavy atom. The number of hydrogen-bond donors (Lipinski definition) is 2. The fraction of sp³-hybridized carbons (Fsp3) is 0.619. The molecule has 0 aliphatic carbocycles. The number of rotatable bonds is 6. The van der Waals surface area contributed by atoms with Gasteiger partial charge in [0.2, 0.25) is 0 Å². The standard InChI is InChI=1S/C21H26N6O7S/c1-21(2,3)34-12(29)6-27-19-14(13(26-27)17(22)30)25-18(35-19)9-4-23-20(24-5-9)33-11-8-32-15-10(28)7-31-16(11)15/h4-5,10-11,14-16,19,28H,6-8H2,1-3H3,(H2,22,30)/t10-,11-,14?,15-,16-,19?/m1/s1. The Kier molecular flexibility index (Phi) is 6.15. The highest BCUT2D eigenvalue weighted by Gasteiger charge is 2.49. The van der Waals surface area contributed by atoms with Crippen molar-refractivity contribution in [1.29, 1.82) is 0 Å². The van der Waals surface area contributed by atoms with E-state index in [1.807, 2.05) is 0 Å². The van der Waals surface area contributed by atoms with Crippen molar-refractivity contribution >= 4 is 34.4 Å². The Morgan fingerprint density at radius 3 is 2.63 bits per heavy atom. The van der Waals surface area contributed by atoms with Gasteiger partial charge in [0.05, 0.1) is 13.2 Å². The quantitative estimate of drug-likeness (QED) is 0.457. The molecule has 1 aromatic rings. The van der Waals surface area contributed by atoms with E-state index in [0.717, 1.165) is 0 Å². The molecule has 4 aliphatic heterocycles. The van der Waals surface area contributed by atoms with Gasteiger partial charge in [-0.2, -0.15) is 5.10 Å². The summed E-state index contributed by atoms with van der Waals surface area (Å²) >= 11 is 1.33. The molecule has 35 heavy (non-hydrogen) atoms. The van der Waals surface area contributed by atoms with E-state index in [-0.39, 0.29) is 37.6 Å². The van der Waals surface area contributed by atoms with Crippen molar-refractivity contribution in [2.75, 3.05) is 19.8 Å². The third kappa shape index (κ3) is 4.83. The highest BCUT2D eigenvalue weighted by atomic mass is 32.2. The monoisotopic (exact) mass is 506 g/mol. The zero-order valence-corrected chi connectivity index (χ0v) is 20.2. The first-order chi connectivity index (χ1) is 16.6. The molecular weight excluding hydrogens is 480 g/mol. The van der Waals surface area contributed by atoms with Gasteiger partial charge in [-0.15, -0.1) is 0 Å². The average molecular weight is 507 g/mol. The normalized spacial score (nSPS) is 31.6. The van der Waals surface area contributed by atoms with E-state index >= 15 is 0 Å². The topological polar surface area (TPSA) is 171 Å². The number of aliphatic hydroxyl groups is 1. The minimum Gasteiger partial charge on any atom is -0.459 e. The summed E-state index contributed by atoms with van der Waals surface area (Å²) in [6.07, 6.45) is 1.25. The molecule has 5 rings (SSSR count). The Balaban J connectivity index is 1.26. The van der Waals surface area contributed by atoms with Crippen LogP contribution in [-0.4, -0.2) is 104 Å². The van der Waals surface area contributed by atoms with E-state index in [4.69, 9.17) is 24.7 Å². The Hall–Kier alpha value is -2.81. The highest BCUT2D eigenvalue weighted by molar-refractivity contribution is 8.15. The number of carbonyl (C=O) groups excluding carboxylic acids is 2. The van der Waals surface area contributed by atoms with Crippen molar-refractivity contribution in [3.8, 4) is 6.01 Å². The second-order valence-electron chi connectivity index (χ2n) is 9.49. The lowest BCUT2D eigenvalue weighted by Gasteiger charge is -2.24. The van der Waals surface area contributed by atoms with Crippen LogP contribution in [0.15, 0.2) is 22.5 Å². The number of carbonyl (C=O) groups is 2. The van der Waals surface area contributed by atoms with Gasteiger partial charge in [-0.1, -0.05) is 11.8 Å². The number of hydrogen-bond acceptors (Lipinski definition) is 13. The van der Waals surface area contributed by atoms with Gasteiger partial charge < -0.3 is 29.8 Å². The minimum atomic E-state index is -0.700. The van der Waals surface area contributed by atoms with Gasteiger partial charge in [0, 0.05) is 18.0 Å². The van der Waals surface area contributed by atoms with Gasteiger partial charge in [0.15, 0.2) is 11.8 Å². The van der Waals surface area contributed by atoms with Gasteiger partial charge in [0.1, 0.15) is 46.9 Å². The van der Waals surface area contributed by atoms with Crippen LogP contribution in [0.1, 0.15) is 26.3 Å². The number of amides is 1. The molecule has 4 aliphatic rings. The SMILES string of the molecule is CC(C)(C)OC(=O)CN1N=C(C(N)=O)C2N=C(c3cnc(O[C@@H]4CO[C@H]5[C@@H]4OC[C@H]5O)nc3)SC21. The van der Waals surface area contributed by atoms with Crippen molar-refractivity contribution in [2.45, 2.75) is 62.2 Å². The maximum absolute atomic E-state index is 12.3. The summed E-state index contributed by atoms with van der Waals surface area (Å²) < 4.78 is 22.3. The molecule has 0 aromatic carbocycles. The van der Waals surface area contributed by atoms with E-state index < -0.39 is 47.2 Å². The molecule has 0 radical (unpaired) electrons. The van der Waals surface area contributed by atoms with Crippen LogP contribution in [0.3, 0.4) is 0 Å². The number of esters is 1. The molecule has 0 bridgehead atoms. The zero-order chi connectivity index (χ0) is 24.9. The van der Waals surface area contributed by atoms with E-state index in [2.05, 4.69) is 20.1 Å². The predicted octanol–water partition coefficient (Wildman–Crippen LogP) is -0.931. The summed E-state index contributed by atoms with van der Waals surface area (Å²) in [6, 6.07) is -0.480. The fourth-order valence-electron chi connectivity index (χ4n) is 4.21. The number of hydrazone groups is 1. The third-order valence-electron chi connectivity index (χ3n) is 5.65. The van der Waals surface area contributed by atoms with Crippen LogP contribution in [0, 0.1) is 0 Å². The molecule has 6 atom stereocenters. The van der Waals surface area contributed by atoms with Crippen LogP contribution in [-0.2, 0) is 23.8 Å². The Labute approximate surface area is 205 Å². The molecule has 0 saturated carbocycles. The van der Waals surface area contributed by atoms with Crippen LogP contribution in [0.2, 0.25) is 0 Å². The molecule has 188 valence electrons. The molecule has 0 spiro atoms. The molecule has 1 amide bonds. The van der Waals surface area contributed by atoms with Crippen LogP contribution in [0.5, 0.6) is 6.01 Å². The number of ether oxygens (including phenoxy) is 4. The fourth-order valence-corrected chi connectivity index (χ4v) is 5.42. The first-order valence-corrected chi connectivity index (χ1v) is 12.0. The van der Waals surface area contributed by atoms with Crippen LogP contribution in [0.4, 0.5) is 0 Å². The van der Waals surface area contributed by atoms with Gasteiger partial charge in [0.25, 0.3) is 5.91 Å². The number of aromatic nitrogens is 2. The number of nitrogens with two attached hydrogens (primary N) is 1. The van der Waals surface area contributed by atoms with Crippen LogP contribution in [0.25, 0.3) is 0 Å². The van der Waals surface area contributed by atoms with Gasteiger partial charge in [-0.25, -0.2) is 9.97 Å². The maximum atomic E-state index is 12.3. The summed E-state index contributed by atoms with van der Waals surface area (Å²) in [5.41, 5.74) is 5.56. The van der Waals surface area contributed by atoms with E-state index in [1.54, 1.807) is 33.2 Å². The predicted molar refractivity (Wildman–Crippen MR) is 123 cm³/mol. The number of fused-ring (bicyclic) bond motifs is 2. The number of aliphatic hydroxyl groups excluding tert-OH is 1. The first kappa shape index (κ1) is 23.9. The van der Waals surface area contributed by atoms with Crippen molar-refractivity contribution in [2.24, 2.45) is 15.8 Å². The second kappa shape index (κ2) is 9.00. The molecule has 2 unspecified atom stereocenters. The zero-order valence-electron chi connectivity index (χ0n) is 19.4. The van der Waals surface area contributed by atoms with E-state index in [1.165, 1.54) is 16.8 Å². The number of primary amides is 1. The van der Waals surface area contributed by atoms with Gasteiger partial charge in [-0.3, -0.25) is 19.6 Å². The lowest BCUT2D eigenvalue weighted by atomic mass is 10.1. The Morgan fingerprint density at radius 2 is 1.94 bits per heavy atom. The van der Waals surface area contributed by atoms with Crippen LogP contribution < -0.4 is 10.5 Å². The maximum Gasteiger partial charge on any atom is 0.327 e. The molecule has 14 heteroatoms. The molecule has 5 heterocycles. The second-order valence-corrected chi connectivity index (χ2v) is 10.6. The number of aliphatic imine (C=N–C) groups is 1. The lowest BCUT2D eigenvalue weighted by molar-refractivity contribution is -0.156. The third-order valence-corrected chi connectivity index (χ3v) is 6.95. The Bertz CT molecular complexity index is 1070. The average Bonchev–Trinajstić information content (AvgIpc) is 3.52. The molecule has 1 aromatic heterocycles. The molecule has 3 N–H and O–H groups in total. The van der Waals surface area contributed by atoms with Crippen molar-refractivity contribution in [3.63, 3.8) is 0 Å². The minimum absolute atomic E-state index is 0.0801. The van der Waals surface area contributed by atoms with Gasteiger partial charge >= 0.3 is 12.0 Å².